The highest BCUT2D eigenvalue weighted by Crippen LogP contribution is 2.33. The predicted molar refractivity (Wildman–Crippen MR) is 59.2 cm³/mol. The number of hydrogen-bond acceptors (Lipinski definition) is 2. The van der Waals surface area contributed by atoms with E-state index < -0.39 is 0 Å². The summed E-state index contributed by atoms with van der Waals surface area (Å²) in [6.07, 6.45) is 4.03. The molecule has 0 saturated heterocycles. The number of benzene rings is 1. The van der Waals surface area contributed by atoms with Gasteiger partial charge in [-0.1, -0.05) is 23.9 Å². The van der Waals surface area contributed by atoms with Gasteiger partial charge < -0.3 is 0 Å². The molecule has 0 aromatic heterocycles. The van der Waals surface area contributed by atoms with Gasteiger partial charge in [-0.25, -0.2) is 4.39 Å². The molecule has 1 aromatic rings. The van der Waals surface area contributed by atoms with E-state index in [4.69, 9.17) is 0 Å². The van der Waals surface area contributed by atoms with Crippen molar-refractivity contribution in [3.63, 3.8) is 0 Å². The van der Waals surface area contributed by atoms with Gasteiger partial charge in [0.05, 0.1) is 0 Å². The minimum absolute atomic E-state index is 0.153. The molecule has 0 atom stereocenters. The Kier molecular flexibility index (Phi) is 3.21. The van der Waals surface area contributed by atoms with Crippen LogP contribution in [-0.4, -0.2) is 5.78 Å². The maximum atomic E-state index is 13.3. The maximum absolute atomic E-state index is 13.3. The number of carbonyl (C=O) groups is 1. The van der Waals surface area contributed by atoms with E-state index in [1.54, 1.807) is 24.3 Å². The molecule has 0 saturated carbocycles. The van der Waals surface area contributed by atoms with E-state index in [-0.39, 0.29) is 11.6 Å². The molecule has 1 aliphatic carbocycles. The lowest BCUT2D eigenvalue weighted by Gasteiger charge is -2.11. The van der Waals surface area contributed by atoms with E-state index in [0.29, 0.717) is 11.3 Å². The normalized spacial score (nSPS) is 16.3. The molecule has 0 aliphatic heterocycles. The van der Waals surface area contributed by atoms with Gasteiger partial charge in [-0.15, -0.1) is 0 Å². The zero-order valence-corrected chi connectivity index (χ0v) is 9.02. The van der Waals surface area contributed by atoms with Crippen molar-refractivity contribution in [2.75, 3.05) is 0 Å². The summed E-state index contributed by atoms with van der Waals surface area (Å²) in [5, 5.41) is 0. The fourth-order valence-corrected chi connectivity index (χ4v) is 2.54. The van der Waals surface area contributed by atoms with Gasteiger partial charge in [-0.2, -0.15) is 0 Å². The van der Waals surface area contributed by atoms with Crippen LogP contribution in [0.4, 0.5) is 4.39 Å². The van der Waals surface area contributed by atoms with Gasteiger partial charge in [0, 0.05) is 11.3 Å². The number of thioether (sulfide) groups is 1. The summed E-state index contributed by atoms with van der Waals surface area (Å²) in [5.41, 5.74) is 0. The Morgan fingerprint density at radius 2 is 2.00 bits per heavy atom. The molecule has 0 unspecified atom stereocenters. The highest BCUT2D eigenvalue weighted by molar-refractivity contribution is 8.03. The van der Waals surface area contributed by atoms with Crippen LogP contribution in [0.15, 0.2) is 40.1 Å². The molecule has 1 aromatic carbocycles. The van der Waals surface area contributed by atoms with Crippen molar-refractivity contribution in [2.24, 2.45) is 0 Å². The van der Waals surface area contributed by atoms with Crippen LogP contribution >= 0.6 is 11.8 Å². The molecule has 0 spiro atoms. The maximum Gasteiger partial charge on any atom is 0.156 e. The first-order chi connectivity index (χ1) is 7.25. The molecule has 1 aliphatic rings. The van der Waals surface area contributed by atoms with Crippen molar-refractivity contribution >= 4 is 17.5 Å². The van der Waals surface area contributed by atoms with Gasteiger partial charge in [0.1, 0.15) is 5.82 Å². The van der Waals surface area contributed by atoms with E-state index in [0.717, 1.165) is 17.7 Å². The largest absolute Gasteiger partial charge is 0.295 e. The van der Waals surface area contributed by atoms with Crippen LogP contribution in [0, 0.1) is 5.82 Å². The van der Waals surface area contributed by atoms with Gasteiger partial charge in [-0.05, 0) is 36.0 Å². The molecule has 0 bridgehead atoms. The van der Waals surface area contributed by atoms with Crippen molar-refractivity contribution in [1.29, 1.82) is 0 Å². The second kappa shape index (κ2) is 4.62. The lowest BCUT2D eigenvalue weighted by atomic mass is 10.1. The molecule has 2 rings (SSSR count). The monoisotopic (exact) mass is 222 g/mol. The topological polar surface area (TPSA) is 17.1 Å². The lowest BCUT2D eigenvalue weighted by molar-refractivity contribution is -0.115. The van der Waals surface area contributed by atoms with Crippen LogP contribution in [0.25, 0.3) is 0 Å². The zero-order valence-electron chi connectivity index (χ0n) is 8.20. The minimum atomic E-state index is -0.221. The second-order valence-electron chi connectivity index (χ2n) is 3.46. The standard InChI is InChI=1S/C12H11FOS/c13-11-6-1-2-7-12(11)15-10-5-3-4-9(14)8-10/h1-2,6-8H,3-5H2. The van der Waals surface area contributed by atoms with Crippen LogP contribution in [0.1, 0.15) is 19.3 Å². The smallest absolute Gasteiger partial charge is 0.156 e. The Hall–Kier alpha value is -1.09. The van der Waals surface area contributed by atoms with Gasteiger partial charge in [0.15, 0.2) is 5.78 Å². The Morgan fingerprint density at radius 1 is 1.20 bits per heavy atom. The third kappa shape index (κ3) is 2.69. The quantitative estimate of drug-likeness (QED) is 0.761. The average Bonchev–Trinajstić information content (AvgIpc) is 2.22. The first-order valence-electron chi connectivity index (χ1n) is 4.91. The number of halogens is 1. The molecule has 0 fully saturated rings. The number of ketones is 1. The molecule has 15 heavy (non-hydrogen) atoms. The zero-order chi connectivity index (χ0) is 10.7. The van der Waals surface area contributed by atoms with E-state index in [9.17, 15) is 9.18 Å². The van der Waals surface area contributed by atoms with Crippen molar-refractivity contribution in [3.05, 3.63) is 41.1 Å². The van der Waals surface area contributed by atoms with Crippen LogP contribution in [0.2, 0.25) is 0 Å². The molecule has 0 N–H and O–H groups in total. The number of hydrogen-bond donors (Lipinski definition) is 0. The van der Waals surface area contributed by atoms with Crippen molar-refractivity contribution in [3.8, 4) is 0 Å². The van der Waals surface area contributed by atoms with Crippen LogP contribution in [0.5, 0.6) is 0 Å². The predicted octanol–water partition coefficient (Wildman–Crippen LogP) is 3.55. The molecule has 3 heteroatoms. The van der Waals surface area contributed by atoms with Gasteiger partial charge in [0.25, 0.3) is 0 Å². The molecular weight excluding hydrogens is 211 g/mol. The highest BCUT2D eigenvalue weighted by atomic mass is 32.2. The van der Waals surface area contributed by atoms with Crippen molar-refractivity contribution < 1.29 is 9.18 Å². The fourth-order valence-electron chi connectivity index (χ4n) is 1.51. The molecular formula is C12H11FOS. The summed E-state index contributed by atoms with van der Waals surface area (Å²) in [6.45, 7) is 0. The first kappa shape index (κ1) is 10.4. The van der Waals surface area contributed by atoms with Gasteiger partial charge in [-0.3, -0.25) is 4.79 Å². The highest BCUT2D eigenvalue weighted by Gasteiger charge is 2.12. The number of carbonyl (C=O) groups excluding carboxylic acids is 1. The Balaban J connectivity index is 2.15. The number of allylic oxidation sites excluding steroid dienone is 2. The molecule has 1 nitrogen and oxygen atoms in total. The van der Waals surface area contributed by atoms with E-state index in [1.165, 1.54) is 17.8 Å². The Labute approximate surface area is 92.4 Å². The molecule has 0 radical (unpaired) electrons. The summed E-state index contributed by atoms with van der Waals surface area (Å²) in [6, 6.07) is 6.64. The summed E-state index contributed by atoms with van der Waals surface area (Å²) in [4.78, 5) is 12.7. The van der Waals surface area contributed by atoms with E-state index >= 15 is 0 Å². The van der Waals surface area contributed by atoms with Gasteiger partial charge >= 0.3 is 0 Å². The molecule has 0 heterocycles. The minimum Gasteiger partial charge on any atom is -0.295 e. The third-order valence-corrected chi connectivity index (χ3v) is 3.38. The fraction of sp³-hybridized carbons (Fsp3) is 0.250. The van der Waals surface area contributed by atoms with E-state index in [2.05, 4.69) is 0 Å². The third-order valence-electron chi connectivity index (χ3n) is 2.25. The second-order valence-corrected chi connectivity index (χ2v) is 4.63. The van der Waals surface area contributed by atoms with Crippen LogP contribution in [0.3, 0.4) is 0 Å². The van der Waals surface area contributed by atoms with Crippen LogP contribution in [-0.2, 0) is 4.79 Å². The Bertz CT molecular complexity index is 412. The summed E-state index contributed by atoms with van der Waals surface area (Å²) in [5.74, 6) is -0.0680. The average molecular weight is 222 g/mol. The summed E-state index contributed by atoms with van der Waals surface area (Å²) in [7, 11) is 0. The lowest BCUT2D eigenvalue weighted by Crippen LogP contribution is -2.00. The molecule has 0 amide bonds. The summed E-state index contributed by atoms with van der Waals surface area (Å²) >= 11 is 1.36. The van der Waals surface area contributed by atoms with E-state index in [1.807, 2.05) is 0 Å². The summed E-state index contributed by atoms with van der Waals surface area (Å²) < 4.78 is 13.3. The van der Waals surface area contributed by atoms with Crippen LogP contribution < -0.4 is 0 Å². The molecule has 78 valence electrons. The number of rotatable bonds is 2. The van der Waals surface area contributed by atoms with Gasteiger partial charge in [0.2, 0.25) is 0 Å². The van der Waals surface area contributed by atoms with Crippen molar-refractivity contribution in [1.82, 2.24) is 0 Å². The Morgan fingerprint density at radius 3 is 2.73 bits per heavy atom. The SMILES string of the molecule is O=C1C=C(Sc2ccccc2F)CCC1. The first-order valence-corrected chi connectivity index (χ1v) is 5.73. The van der Waals surface area contributed by atoms with Crippen molar-refractivity contribution in [2.45, 2.75) is 24.2 Å².